The standard InChI is InChI=1S/C12H24N2O2/c1-15-10-12(9-13-11-3-4-11)14-5-2-7-16-8-6-14/h11-13H,2-10H2,1H3. The fourth-order valence-electron chi connectivity index (χ4n) is 2.21. The molecule has 1 N–H and O–H groups in total. The van der Waals surface area contributed by atoms with Crippen molar-refractivity contribution in [1.82, 2.24) is 10.2 Å². The van der Waals surface area contributed by atoms with Crippen molar-refractivity contribution in [3.8, 4) is 0 Å². The molecule has 1 heterocycles. The van der Waals surface area contributed by atoms with Crippen LogP contribution >= 0.6 is 0 Å². The third kappa shape index (κ3) is 4.01. The normalized spacial score (nSPS) is 25.3. The zero-order valence-corrected chi connectivity index (χ0v) is 10.3. The Morgan fingerprint density at radius 1 is 1.38 bits per heavy atom. The largest absolute Gasteiger partial charge is 0.383 e. The van der Waals surface area contributed by atoms with Gasteiger partial charge in [-0.2, -0.15) is 0 Å². The smallest absolute Gasteiger partial charge is 0.0630 e. The molecule has 0 spiro atoms. The third-order valence-electron chi connectivity index (χ3n) is 3.35. The Morgan fingerprint density at radius 3 is 3.00 bits per heavy atom. The van der Waals surface area contributed by atoms with E-state index in [1.165, 1.54) is 12.8 Å². The van der Waals surface area contributed by atoms with Gasteiger partial charge in [0.15, 0.2) is 0 Å². The maximum Gasteiger partial charge on any atom is 0.0630 e. The van der Waals surface area contributed by atoms with Crippen LogP contribution in [-0.4, -0.2) is 63.5 Å². The van der Waals surface area contributed by atoms with Crippen molar-refractivity contribution in [2.45, 2.75) is 31.3 Å². The Kier molecular flexibility index (Phi) is 5.03. The Morgan fingerprint density at radius 2 is 2.25 bits per heavy atom. The minimum absolute atomic E-state index is 0.507. The number of ether oxygens (including phenoxy) is 2. The fourth-order valence-corrected chi connectivity index (χ4v) is 2.21. The molecule has 0 radical (unpaired) electrons. The highest BCUT2D eigenvalue weighted by atomic mass is 16.5. The third-order valence-corrected chi connectivity index (χ3v) is 3.35. The SMILES string of the molecule is COCC(CNC1CC1)N1CCCOCC1. The van der Waals surface area contributed by atoms with E-state index in [0.717, 1.165) is 51.9 Å². The molecule has 0 aromatic rings. The molecule has 0 bridgehead atoms. The first-order chi connectivity index (χ1) is 7.90. The van der Waals surface area contributed by atoms with Crippen LogP contribution in [0.5, 0.6) is 0 Å². The van der Waals surface area contributed by atoms with E-state index in [0.29, 0.717) is 6.04 Å². The molecule has 1 atom stereocenters. The van der Waals surface area contributed by atoms with Crippen molar-refractivity contribution in [3.05, 3.63) is 0 Å². The van der Waals surface area contributed by atoms with Crippen molar-refractivity contribution in [3.63, 3.8) is 0 Å². The van der Waals surface area contributed by atoms with Crippen LogP contribution in [0, 0.1) is 0 Å². The first kappa shape index (κ1) is 12.3. The van der Waals surface area contributed by atoms with Crippen LogP contribution in [0.15, 0.2) is 0 Å². The van der Waals surface area contributed by atoms with Gasteiger partial charge in [-0.05, 0) is 19.3 Å². The van der Waals surface area contributed by atoms with Crippen LogP contribution in [-0.2, 0) is 9.47 Å². The number of rotatable bonds is 6. The highest BCUT2D eigenvalue weighted by molar-refractivity contribution is 4.84. The minimum Gasteiger partial charge on any atom is -0.383 e. The quantitative estimate of drug-likeness (QED) is 0.717. The van der Waals surface area contributed by atoms with E-state index < -0.39 is 0 Å². The lowest BCUT2D eigenvalue weighted by Crippen LogP contribution is -2.46. The summed E-state index contributed by atoms with van der Waals surface area (Å²) in [4.78, 5) is 2.51. The van der Waals surface area contributed by atoms with Crippen molar-refractivity contribution < 1.29 is 9.47 Å². The Labute approximate surface area is 98.3 Å². The monoisotopic (exact) mass is 228 g/mol. The maximum atomic E-state index is 5.49. The van der Waals surface area contributed by atoms with Crippen LogP contribution in [0.4, 0.5) is 0 Å². The van der Waals surface area contributed by atoms with Crippen LogP contribution in [0.25, 0.3) is 0 Å². The summed E-state index contributed by atoms with van der Waals surface area (Å²) in [6.07, 6.45) is 3.84. The second-order valence-corrected chi connectivity index (χ2v) is 4.79. The van der Waals surface area contributed by atoms with E-state index in [-0.39, 0.29) is 0 Å². The minimum atomic E-state index is 0.507. The summed E-state index contributed by atoms with van der Waals surface area (Å²) >= 11 is 0. The van der Waals surface area contributed by atoms with E-state index in [2.05, 4.69) is 10.2 Å². The molecule has 4 nitrogen and oxygen atoms in total. The van der Waals surface area contributed by atoms with Gasteiger partial charge in [0.2, 0.25) is 0 Å². The van der Waals surface area contributed by atoms with Gasteiger partial charge in [0, 0.05) is 45.4 Å². The molecular formula is C12H24N2O2. The number of methoxy groups -OCH3 is 1. The van der Waals surface area contributed by atoms with E-state index >= 15 is 0 Å². The predicted molar refractivity (Wildman–Crippen MR) is 63.7 cm³/mol. The van der Waals surface area contributed by atoms with Crippen molar-refractivity contribution in [2.75, 3.05) is 46.6 Å². The van der Waals surface area contributed by atoms with E-state index in [1.54, 1.807) is 7.11 Å². The Bertz CT molecular complexity index is 189. The van der Waals surface area contributed by atoms with Gasteiger partial charge in [-0.15, -0.1) is 0 Å². The summed E-state index contributed by atoms with van der Waals surface area (Å²) in [5.41, 5.74) is 0. The topological polar surface area (TPSA) is 33.7 Å². The molecule has 1 aliphatic heterocycles. The van der Waals surface area contributed by atoms with Crippen molar-refractivity contribution in [2.24, 2.45) is 0 Å². The molecule has 1 saturated heterocycles. The van der Waals surface area contributed by atoms with Crippen molar-refractivity contribution in [1.29, 1.82) is 0 Å². The lowest BCUT2D eigenvalue weighted by atomic mass is 10.2. The zero-order valence-electron chi connectivity index (χ0n) is 10.3. The molecule has 0 aromatic carbocycles. The van der Waals surface area contributed by atoms with Crippen LogP contribution in [0.1, 0.15) is 19.3 Å². The van der Waals surface area contributed by atoms with Gasteiger partial charge in [-0.1, -0.05) is 0 Å². The molecule has 2 fully saturated rings. The fraction of sp³-hybridized carbons (Fsp3) is 1.00. The van der Waals surface area contributed by atoms with Crippen LogP contribution in [0.3, 0.4) is 0 Å². The molecule has 0 amide bonds. The van der Waals surface area contributed by atoms with Crippen LogP contribution in [0.2, 0.25) is 0 Å². The summed E-state index contributed by atoms with van der Waals surface area (Å²) < 4.78 is 10.8. The molecule has 16 heavy (non-hydrogen) atoms. The number of nitrogens with zero attached hydrogens (tertiary/aromatic N) is 1. The number of hydrogen-bond donors (Lipinski definition) is 1. The lowest BCUT2D eigenvalue weighted by molar-refractivity contribution is 0.0822. The van der Waals surface area contributed by atoms with Crippen LogP contribution < -0.4 is 5.32 Å². The summed E-state index contributed by atoms with van der Waals surface area (Å²) in [7, 11) is 1.79. The molecule has 1 saturated carbocycles. The summed E-state index contributed by atoms with van der Waals surface area (Å²) in [5, 5.41) is 3.60. The second-order valence-electron chi connectivity index (χ2n) is 4.79. The summed E-state index contributed by atoms with van der Waals surface area (Å²) in [5.74, 6) is 0. The molecule has 1 unspecified atom stereocenters. The lowest BCUT2D eigenvalue weighted by Gasteiger charge is -2.29. The molecule has 4 heteroatoms. The van der Waals surface area contributed by atoms with Gasteiger partial charge >= 0.3 is 0 Å². The van der Waals surface area contributed by atoms with Crippen molar-refractivity contribution >= 4 is 0 Å². The Hall–Kier alpha value is -0.160. The van der Waals surface area contributed by atoms with E-state index in [9.17, 15) is 0 Å². The molecule has 1 aliphatic carbocycles. The van der Waals surface area contributed by atoms with E-state index in [1.807, 2.05) is 0 Å². The van der Waals surface area contributed by atoms with Gasteiger partial charge in [-0.3, -0.25) is 4.90 Å². The number of nitrogens with one attached hydrogen (secondary N) is 1. The number of hydrogen-bond acceptors (Lipinski definition) is 4. The summed E-state index contributed by atoms with van der Waals surface area (Å²) in [6, 6.07) is 1.29. The van der Waals surface area contributed by atoms with Gasteiger partial charge in [0.05, 0.1) is 13.2 Å². The molecular weight excluding hydrogens is 204 g/mol. The molecule has 2 aliphatic rings. The van der Waals surface area contributed by atoms with E-state index in [4.69, 9.17) is 9.47 Å². The average molecular weight is 228 g/mol. The molecule has 94 valence electrons. The van der Waals surface area contributed by atoms with Gasteiger partial charge in [0.25, 0.3) is 0 Å². The molecule has 0 aromatic heterocycles. The highest BCUT2D eigenvalue weighted by Gasteiger charge is 2.25. The first-order valence-corrected chi connectivity index (χ1v) is 6.44. The molecule has 2 rings (SSSR count). The van der Waals surface area contributed by atoms with Gasteiger partial charge in [0.1, 0.15) is 0 Å². The van der Waals surface area contributed by atoms with Gasteiger partial charge < -0.3 is 14.8 Å². The summed E-state index contributed by atoms with van der Waals surface area (Å²) in [6.45, 7) is 5.83. The second kappa shape index (κ2) is 6.55. The highest BCUT2D eigenvalue weighted by Crippen LogP contribution is 2.18. The predicted octanol–water partition coefficient (Wildman–Crippen LogP) is 0.476. The average Bonchev–Trinajstić information content (AvgIpc) is 3.11. The van der Waals surface area contributed by atoms with Gasteiger partial charge in [-0.25, -0.2) is 0 Å². The first-order valence-electron chi connectivity index (χ1n) is 6.44. The maximum absolute atomic E-state index is 5.49. The zero-order chi connectivity index (χ0) is 11.2. The Balaban J connectivity index is 1.77.